The van der Waals surface area contributed by atoms with Crippen molar-refractivity contribution in [3.63, 3.8) is 0 Å². The lowest BCUT2D eigenvalue weighted by Crippen LogP contribution is -2.57. The van der Waals surface area contributed by atoms with Crippen molar-refractivity contribution in [2.75, 3.05) is 0 Å². The summed E-state index contributed by atoms with van der Waals surface area (Å²) in [7, 11) is 1.90. The van der Waals surface area contributed by atoms with Gasteiger partial charge < -0.3 is 0 Å². The largest absolute Gasteiger partial charge is 0.250 e. The molecule has 0 spiro atoms. The van der Waals surface area contributed by atoms with E-state index < -0.39 is 0 Å². The van der Waals surface area contributed by atoms with E-state index in [-0.39, 0.29) is 11.0 Å². The molecule has 4 aromatic heterocycles. The molecule has 4 fully saturated rings. The molecular weight excluding hydrogens is 368 g/mol. The van der Waals surface area contributed by atoms with Gasteiger partial charge in [-0.25, -0.2) is 14.5 Å². The molecule has 4 heterocycles. The zero-order valence-electron chi connectivity index (χ0n) is 16.3. The van der Waals surface area contributed by atoms with Gasteiger partial charge in [0, 0.05) is 13.5 Å². The zero-order valence-corrected chi connectivity index (χ0v) is 16.3. The van der Waals surface area contributed by atoms with E-state index in [1.54, 1.807) is 21.9 Å². The summed E-state index contributed by atoms with van der Waals surface area (Å²) < 4.78 is 3.58. The molecule has 8 rings (SSSR count). The third kappa shape index (κ3) is 2.14. The number of nitrogens with zero attached hydrogens (tertiary/aromatic N) is 10. The minimum atomic E-state index is 0.0257. The summed E-state index contributed by atoms with van der Waals surface area (Å²) in [6.07, 6.45) is 13.4. The van der Waals surface area contributed by atoms with Crippen LogP contribution in [0.3, 0.4) is 0 Å². The fourth-order valence-electron chi connectivity index (χ4n) is 7.12. The molecule has 0 aromatic carbocycles. The van der Waals surface area contributed by atoms with Gasteiger partial charge in [-0.15, -0.1) is 15.3 Å². The van der Waals surface area contributed by atoms with Gasteiger partial charge in [-0.05, 0) is 61.0 Å². The van der Waals surface area contributed by atoms with Crippen molar-refractivity contribution in [3.8, 4) is 0 Å². The molecule has 4 aliphatic carbocycles. The molecule has 0 radical (unpaired) electrons. The Hall–Kier alpha value is -2.91. The fraction of sp³-hybridized carbons (Fsp3) is 0.632. The van der Waals surface area contributed by atoms with E-state index in [1.165, 1.54) is 32.1 Å². The number of rotatable bonds is 3. The SMILES string of the molecule is Cn1ncc2c1ncn1nc(CC34C[C@H]5C[C@H](C3)CC(n3ncnn3)(C5)C4)nc21. The topological polar surface area (TPSA) is 105 Å². The Morgan fingerprint density at radius 3 is 2.76 bits per heavy atom. The van der Waals surface area contributed by atoms with Gasteiger partial charge in [-0.3, -0.25) is 4.68 Å². The maximum absolute atomic E-state index is 4.92. The number of tetrazole rings is 1. The normalized spacial score (nSPS) is 33.3. The van der Waals surface area contributed by atoms with Crippen molar-refractivity contribution in [3.05, 3.63) is 24.7 Å². The van der Waals surface area contributed by atoms with E-state index in [4.69, 9.17) is 10.1 Å². The highest BCUT2D eigenvalue weighted by atomic mass is 15.6. The number of hydrogen-bond acceptors (Lipinski definition) is 7. The van der Waals surface area contributed by atoms with Crippen LogP contribution in [0.15, 0.2) is 18.9 Å². The van der Waals surface area contributed by atoms with Crippen LogP contribution in [-0.4, -0.2) is 49.6 Å². The van der Waals surface area contributed by atoms with Crippen LogP contribution in [0.5, 0.6) is 0 Å². The molecule has 4 saturated carbocycles. The van der Waals surface area contributed by atoms with E-state index in [2.05, 4.69) is 25.5 Å². The molecule has 2 atom stereocenters. The average molecular weight is 390 g/mol. The van der Waals surface area contributed by atoms with Crippen molar-refractivity contribution in [1.29, 1.82) is 0 Å². The van der Waals surface area contributed by atoms with Gasteiger partial charge in [0.05, 0.1) is 17.1 Å². The maximum Gasteiger partial charge on any atom is 0.170 e. The molecule has 4 aromatic rings. The lowest BCUT2D eigenvalue weighted by molar-refractivity contribution is -0.112. The van der Waals surface area contributed by atoms with Crippen molar-refractivity contribution in [1.82, 2.24) is 49.6 Å². The van der Waals surface area contributed by atoms with Gasteiger partial charge in [0.1, 0.15) is 6.33 Å². The number of fused-ring (bicyclic) bond motifs is 3. The lowest BCUT2D eigenvalue weighted by Gasteiger charge is -2.61. The first-order valence-corrected chi connectivity index (χ1v) is 10.4. The van der Waals surface area contributed by atoms with Crippen LogP contribution >= 0.6 is 0 Å². The van der Waals surface area contributed by atoms with Crippen molar-refractivity contribution >= 4 is 16.7 Å². The van der Waals surface area contributed by atoms with E-state index in [0.29, 0.717) is 0 Å². The first kappa shape index (κ1) is 15.9. The molecule has 0 saturated heterocycles. The summed E-state index contributed by atoms with van der Waals surface area (Å²) in [5.41, 5.74) is 1.93. The summed E-state index contributed by atoms with van der Waals surface area (Å²) in [5, 5.41) is 22.8. The molecule has 0 aliphatic heterocycles. The zero-order chi connectivity index (χ0) is 19.2. The second-order valence-electron chi connectivity index (χ2n) is 9.63. The van der Waals surface area contributed by atoms with Crippen LogP contribution in [0.25, 0.3) is 16.7 Å². The first-order valence-electron chi connectivity index (χ1n) is 10.4. The highest BCUT2D eigenvalue weighted by Gasteiger charge is 2.59. The Morgan fingerprint density at radius 2 is 1.97 bits per heavy atom. The van der Waals surface area contributed by atoms with Gasteiger partial charge in [-0.1, -0.05) is 0 Å². The minimum absolute atomic E-state index is 0.0257. The third-order valence-electron chi connectivity index (χ3n) is 7.57. The van der Waals surface area contributed by atoms with Crippen molar-refractivity contribution < 1.29 is 0 Å². The van der Waals surface area contributed by atoms with Gasteiger partial charge in [0.25, 0.3) is 0 Å². The highest BCUT2D eigenvalue weighted by Crippen LogP contribution is 2.64. The molecule has 29 heavy (non-hydrogen) atoms. The number of aromatic nitrogens is 10. The van der Waals surface area contributed by atoms with Gasteiger partial charge >= 0.3 is 0 Å². The van der Waals surface area contributed by atoms with Crippen LogP contribution in [0.1, 0.15) is 44.3 Å². The molecule has 0 N–H and O–H groups in total. The highest BCUT2D eigenvalue weighted by molar-refractivity contribution is 5.88. The fourth-order valence-corrected chi connectivity index (χ4v) is 7.12. The quantitative estimate of drug-likeness (QED) is 0.522. The van der Waals surface area contributed by atoms with Crippen LogP contribution in [0, 0.1) is 17.3 Å². The molecule has 4 bridgehead atoms. The van der Waals surface area contributed by atoms with E-state index >= 15 is 0 Å². The minimum Gasteiger partial charge on any atom is -0.250 e. The Morgan fingerprint density at radius 1 is 1.10 bits per heavy atom. The molecule has 10 nitrogen and oxygen atoms in total. The maximum atomic E-state index is 4.92. The van der Waals surface area contributed by atoms with E-state index in [0.717, 1.165) is 47.2 Å². The first-order chi connectivity index (χ1) is 14.1. The van der Waals surface area contributed by atoms with Gasteiger partial charge in [-0.2, -0.15) is 9.90 Å². The predicted octanol–water partition coefficient (Wildman–Crippen LogP) is 1.54. The Labute approximate surface area is 166 Å². The third-order valence-corrected chi connectivity index (χ3v) is 7.57. The van der Waals surface area contributed by atoms with E-state index in [9.17, 15) is 0 Å². The summed E-state index contributed by atoms with van der Waals surface area (Å²) in [4.78, 5) is 11.3. The average Bonchev–Trinajstić information content (AvgIpc) is 3.39. The number of aryl methyl sites for hydroxylation is 1. The second-order valence-corrected chi connectivity index (χ2v) is 9.63. The summed E-state index contributed by atoms with van der Waals surface area (Å²) in [6, 6.07) is 0. The summed E-state index contributed by atoms with van der Waals surface area (Å²) >= 11 is 0. The molecule has 148 valence electrons. The van der Waals surface area contributed by atoms with E-state index in [1.807, 2.05) is 18.0 Å². The van der Waals surface area contributed by atoms with Crippen LogP contribution in [0.2, 0.25) is 0 Å². The molecule has 0 amide bonds. The van der Waals surface area contributed by atoms with Gasteiger partial charge in [0.2, 0.25) is 0 Å². The smallest absolute Gasteiger partial charge is 0.170 e. The van der Waals surface area contributed by atoms with Crippen LogP contribution in [0.4, 0.5) is 0 Å². The van der Waals surface area contributed by atoms with Gasteiger partial charge in [0.15, 0.2) is 23.4 Å². The standard InChI is InChI=1S/C19H22N10/c1-27-16-14(8-22-27)17-24-15(25-28(17)11-20-16)7-18-3-12-2-13(4-18)6-19(5-12,9-18)29-23-10-21-26-29/h8,10-13H,2-7,9H2,1H3/t12-,13-,18?,19?/m1/s1. The Bertz CT molecular complexity index is 1220. The predicted molar refractivity (Wildman–Crippen MR) is 102 cm³/mol. The van der Waals surface area contributed by atoms with Crippen molar-refractivity contribution in [2.45, 2.75) is 50.5 Å². The molecular formula is C19H22N10. The second kappa shape index (κ2) is 5.17. The molecule has 4 aliphatic rings. The number of hydrogen-bond donors (Lipinski definition) is 0. The lowest BCUT2D eigenvalue weighted by atomic mass is 9.46. The van der Waals surface area contributed by atoms with Crippen LogP contribution in [-0.2, 0) is 19.0 Å². The summed E-state index contributed by atoms with van der Waals surface area (Å²) in [6.45, 7) is 0. The molecule has 10 heteroatoms. The molecule has 0 unspecified atom stereocenters. The Balaban J connectivity index is 1.29. The monoisotopic (exact) mass is 390 g/mol. The van der Waals surface area contributed by atoms with Crippen LogP contribution < -0.4 is 0 Å². The Kier molecular flexibility index (Phi) is 2.84. The van der Waals surface area contributed by atoms with Crippen molar-refractivity contribution in [2.24, 2.45) is 24.3 Å². The summed E-state index contributed by atoms with van der Waals surface area (Å²) in [5.74, 6) is 2.39.